The highest BCUT2D eigenvalue weighted by Crippen LogP contribution is 2.36. The maximum absolute atomic E-state index is 12.6. The van der Waals surface area contributed by atoms with E-state index in [1.807, 2.05) is 30.3 Å². The SMILES string of the molecule is Oc1ccc(Cc2ccccc2)cc1C(F)(F)F. The van der Waals surface area contributed by atoms with Gasteiger partial charge in [0.2, 0.25) is 0 Å². The van der Waals surface area contributed by atoms with Crippen LogP contribution in [0.2, 0.25) is 0 Å². The molecule has 0 aliphatic carbocycles. The van der Waals surface area contributed by atoms with E-state index in [9.17, 15) is 18.3 Å². The lowest BCUT2D eigenvalue weighted by Crippen LogP contribution is -2.06. The second-order valence-corrected chi connectivity index (χ2v) is 4.01. The third-order valence-corrected chi connectivity index (χ3v) is 2.62. The predicted octanol–water partition coefficient (Wildman–Crippen LogP) is 4.00. The first kappa shape index (κ1) is 12.5. The Morgan fingerprint density at radius 2 is 1.56 bits per heavy atom. The molecule has 0 unspecified atom stereocenters. The lowest BCUT2D eigenvalue weighted by molar-refractivity contribution is -0.138. The summed E-state index contributed by atoms with van der Waals surface area (Å²) in [4.78, 5) is 0. The summed E-state index contributed by atoms with van der Waals surface area (Å²) in [6.45, 7) is 0. The molecule has 2 aromatic rings. The van der Waals surface area contributed by atoms with Gasteiger partial charge < -0.3 is 5.11 Å². The minimum atomic E-state index is -4.53. The molecule has 94 valence electrons. The highest BCUT2D eigenvalue weighted by molar-refractivity contribution is 5.39. The first-order valence-corrected chi connectivity index (χ1v) is 5.40. The van der Waals surface area contributed by atoms with E-state index in [1.165, 1.54) is 6.07 Å². The van der Waals surface area contributed by atoms with Gasteiger partial charge in [-0.1, -0.05) is 36.4 Å². The molecule has 0 fully saturated rings. The molecule has 0 saturated carbocycles. The highest BCUT2D eigenvalue weighted by atomic mass is 19.4. The van der Waals surface area contributed by atoms with Gasteiger partial charge in [-0.2, -0.15) is 13.2 Å². The highest BCUT2D eigenvalue weighted by Gasteiger charge is 2.33. The van der Waals surface area contributed by atoms with Crippen LogP contribution in [0.25, 0.3) is 0 Å². The van der Waals surface area contributed by atoms with Crippen LogP contribution in [0.4, 0.5) is 13.2 Å². The number of rotatable bonds is 2. The average molecular weight is 252 g/mol. The Hall–Kier alpha value is -1.97. The smallest absolute Gasteiger partial charge is 0.419 e. The van der Waals surface area contributed by atoms with Gasteiger partial charge in [0, 0.05) is 0 Å². The van der Waals surface area contributed by atoms with Crippen molar-refractivity contribution in [2.24, 2.45) is 0 Å². The maximum atomic E-state index is 12.6. The molecule has 2 aromatic carbocycles. The fourth-order valence-corrected chi connectivity index (χ4v) is 1.75. The van der Waals surface area contributed by atoms with E-state index in [0.717, 1.165) is 17.7 Å². The standard InChI is InChI=1S/C14H11F3O/c15-14(16,17)12-9-11(6-7-13(12)18)8-10-4-2-1-3-5-10/h1-7,9,18H,8H2. The molecule has 0 spiro atoms. The molecule has 0 atom stereocenters. The number of aromatic hydroxyl groups is 1. The Morgan fingerprint density at radius 1 is 0.889 bits per heavy atom. The van der Waals surface area contributed by atoms with Crippen LogP contribution in [0.5, 0.6) is 5.75 Å². The second kappa shape index (κ2) is 4.72. The molecule has 0 aliphatic heterocycles. The summed E-state index contributed by atoms with van der Waals surface area (Å²) >= 11 is 0. The predicted molar refractivity (Wildman–Crippen MR) is 62.4 cm³/mol. The molecule has 0 heterocycles. The monoisotopic (exact) mass is 252 g/mol. The van der Waals surface area contributed by atoms with Crippen LogP contribution in [-0.2, 0) is 12.6 Å². The van der Waals surface area contributed by atoms with E-state index in [0.29, 0.717) is 12.0 Å². The summed E-state index contributed by atoms with van der Waals surface area (Å²) in [5.74, 6) is -0.737. The van der Waals surface area contributed by atoms with Crippen molar-refractivity contribution in [3.05, 3.63) is 65.2 Å². The molecule has 0 amide bonds. The van der Waals surface area contributed by atoms with Crippen molar-refractivity contribution < 1.29 is 18.3 Å². The molecule has 18 heavy (non-hydrogen) atoms. The number of hydrogen-bond acceptors (Lipinski definition) is 1. The van der Waals surface area contributed by atoms with Crippen LogP contribution in [0.1, 0.15) is 16.7 Å². The molecule has 0 aromatic heterocycles. The molecule has 4 heteroatoms. The first-order chi connectivity index (χ1) is 8.47. The first-order valence-electron chi connectivity index (χ1n) is 5.40. The van der Waals surface area contributed by atoms with Gasteiger partial charge in [-0.3, -0.25) is 0 Å². The fourth-order valence-electron chi connectivity index (χ4n) is 1.75. The zero-order chi connectivity index (χ0) is 13.2. The Morgan fingerprint density at radius 3 is 2.17 bits per heavy atom. The summed E-state index contributed by atoms with van der Waals surface area (Å²) in [5.41, 5.74) is 0.457. The van der Waals surface area contributed by atoms with E-state index in [4.69, 9.17) is 0 Å². The van der Waals surface area contributed by atoms with Gasteiger partial charge in [0.1, 0.15) is 5.75 Å². The number of phenols is 1. The van der Waals surface area contributed by atoms with Gasteiger partial charge in [0.15, 0.2) is 0 Å². The van der Waals surface area contributed by atoms with Gasteiger partial charge >= 0.3 is 6.18 Å². The molecular formula is C14H11F3O. The van der Waals surface area contributed by atoms with Gasteiger partial charge in [-0.25, -0.2) is 0 Å². The lowest BCUT2D eigenvalue weighted by Gasteiger charge is -2.11. The summed E-state index contributed by atoms with van der Waals surface area (Å²) in [7, 11) is 0. The van der Waals surface area contributed by atoms with Gasteiger partial charge in [0.25, 0.3) is 0 Å². The Balaban J connectivity index is 2.31. The Bertz CT molecular complexity index is 532. The lowest BCUT2D eigenvalue weighted by atomic mass is 10.0. The van der Waals surface area contributed by atoms with Crippen LogP contribution in [0, 0.1) is 0 Å². The van der Waals surface area contributed by atoms with Gasteiger partial charge in [0.05, 0.1) is 5.56 Å². The van der Waals surface area contributed by atoms with Crippen LogP contribution in [0.3, 0.4) is 0 Å². The van der Waals surface area contributed by atoms with E-state index in [-0.39, 0.29) is 0 Å². The molecule has 0 bridgehead atoms. The molecule has 2 rings (SSSR count). The molecule has 1 N–H and O–H groups in total. The fraction of sp³-hybridized carbons (Fsp3) is 0.143. The van der Waals surface area contributed by atoms with E-state index in [1.54, 1.807) is 0 Å². The van der Waals surface area contributed by atoms with Crippen molar-refractivity contribution >= 4 is 0 Å². The number of benzene rings is 2. The zero-order valence-corrected chi connectivity index (χ0v) is 9.41. The van der Waals surface area contributed by atoms with Crippen LogP contribution in [-0.4, -0.2) is 5.11 Å². The van der Waals surface area contributed by atoms with E-state index >= 15 is 0 Å². The van der Waals surface area contributed by atoms with E-state index in [2.05, 4.69) is 0 Å². The number of hydrogen-bond donors (Lipinski definition) is 1. The number of alkyl halides is 3. The Labute approximate surface area is 103 Å². The average Bonchev–Trinajstić information content (AvgIpc) is 2.31. The maximum Gasteiger partial charge on any atom is 0.419 e. The second-order valence-electron chi connectivity index (χ2n) is 4.01. The van der Waals surface area contributed by atoms with Crippen LogP contribution >= 0.6 is 0 Å². The van der Waals surface area contributed by atoms with Crippen LogP contribution in [0.15, 0.2) is 48.5 Å². The minimum absolute atomic E-state index is 0.407. The summed E-state index contributed by atoms with van der Waals surface area (Å²) < 4.78 is 37.8. The Kier molecular flexibility index (Phi) is 3.28. The zero-order valence-electron chi connectivity index (χ0n) is 9.41. The van der Waals surface area contributed by atoms with Crippen molar-refractivity contribution in [2.75, 3.05) is 0 Å². The van der Waals surface area contributed by atoms with Crippen molar-refractivity contribution in [1.82, 2.24) is 0 Å². The quantitative estimate of drug-likeness (QED) is 0.856. The number of phenolic OH excluding ortho intramolecular Hbond substituents is 1. The molecular weight excluding hydrogens is 241 g/mol. The van der Waals surface area contributed by atoms with Crippen molar-refractivity contribution in [3.8, 4) is 5.75 Å². The minimum Gasteiger partial charge on any atom is -0.507 e. The summed E-state index contributed by atoms with van der Waals surface area (Å²) in [6.07, 6.45) is -4.12. The summed E-state index contributed by atoms with van der Waals surface area (Å²) in [5, 5.41) is 9.22. The third-order valence-electron chi connectivity index (χ3n) is 2.62. The van der Waals surface area contributed by atoms with E-state index < -0.39 is 17.5 Å². The molecule has 0 saturated heterocycles. The van der Waals surface area contributed by atoms with Gasteiger partial charge in [-0.15, -0.1) is 0 Å². The molecule has 0 aliphatic rings. The topological polar surface area (TPSA) is 20.2 Å². The van der Waals surface area contributed by atoms with Crippen LogP contribution < -0.4 is 0 Å². The molecule has 0 radical (unpaired) electrons. The molecule has 1 nitrogen and oxygen atoms in total. The van der Waals surface area contributed by atoms with Crippen molar-refractivity contribution in [2.45, 2.75) is 12.6 Å². The normalized spacial score (nSPS) is 11.5. The van der Waals surface area contributed by atoms with Crippen molar-refractivity contribution in [1.29, 1.82) is 0 Å². The number of halogens is 3. The largest absolute Gasteiger partial charge is 0.507 e. The third kappa shape index (κ3) is 2.83. The summed E-state index contributed by atoms with van der Waals surface area (Å²) in [6, 6.07) is 12.8. The van der Waals surface area contributed by atoms with Gasteiger partial charge in [-0.05, 0) is 29.7 Å². The van der Waals surface area contributed by atoms with Crippen molar-refractivity contribution in [3.63, 3.8) is 0 Å².